The number of nitrogens with one attached hydrogen (secondary N) is 1. The van der Waals surface area contributed by atoms with E-state index < -0.39 is 0 Å². The fourth-order valence-corrected chi connectivity index (χ4v) is 1.24. The number of hydrogen-bond donors (Lipinski definition) is 1. The molecule has 3 heteroatoms. The smallest absolute Gasteiger partial charge is 0.139 e. The zero-order valence-electron chi connectivity index (χ0n) is 6.55. The van der Waals surface area contributed by atoms with Crippen LogP contribution < -0.4 is 5.32 Å². The number of ether oxygens (including phenoxy) is 1. The lowest BCUT2D eigenvalue weighted by molar-refractivity contribution is -0.110. The van der Waals surface area contributed by atoms with E-state index in [9.17, 15) is 4.79 Å². The van der Waals surface area contributed by atoms with Crippen LogP contribution in [0.25, 0.3) is 0 Å². The first-order valence-electron chi connectivity index (χ1n) is 3.46. The van der Waals surface area contributed by atoms with Gasteiger partial charge in [-0.1, -0.05) is 0 Å². The van der Waals surface area contributed by atoms with Crippen LogP contribution in [0, 0.1) is 0 Å². The lowest BCUT2D eigenvalue weighted by Crippen LogP contribution is -2.39. The molecule has 1 N–H and O–H groups in total. The fourth-order valence-electron chi connectivity index (χ4n) is 1.24. The molecule has 0 aliphatic carbocycles. The summed E-state index contributed by atoms with van der Waals surface area (Å²) in [6, 6.07) is -0.144. The third-order valence-corrected chi connectivity index (χ3v) is 1.65. The van der Waals surface area contributed by atoms with Gasteiger partial charge in [0.1, 0.15) is 12.0 Å². The van der Waals surface area contributed by atoms with E-state index in [4.69, 9.17) is 4.74 Å². The van der Waals surface area contributed by atoms with Crippen molar-refractivity contribution in [3.05, 3.63) is 0 Å². The van der Waals surface area contributed by atoms with E-state index in [-0.39, 0.29) is 17.9 Å². The van der Waals surface area contributed by atoms with Gasteiger partial charge in [0.25, 0.3) is 0 Å². The van der Waals surface area contributed by atoms with Crippen LogP contribution in [0.2, 0.25) is 0 Å². The minimum atomic E-state index is -0.342. The van der Waals surface area contributed by atoms with Gasteiger partial charge >= 0.3 is 0 Å². The van der Waals surface area contributed by atoms with Crippen molar-refractivity contribution < 1.29 is 9.53 Å². The minimum absolute atomic E-state index is 0.00694. The van der Waals surface area contributed by atoms with Crippen LogP contribution in [0.4, 0.5) is 0 Å². The Morgan fingerprint density at radius 3 is 2.40 bits per heavy atom. The number of aldehydes is 1. The van der Waals surface area contributed by atoms with E-state index >= 15 is 0 Å². The van der Waals surface area contributed by atoms with E-state index in [0.29, 0.717) is 0 Å². The van der Waals surface area contributed by atoms with Gasteiger partial charge in [-0.2, -0.15) is 0 Å². The monoisotopic (exact) mass is 143 g/mol. The summed E-state index contributed by atoms with van der Waals surface area (Å²) in [7, 11) is 0. The standard InChI is InChI=1S/C7H13NO2/c1-5-6(4-9)8-7(2,3)10-5/h4-6,8H,1-3H3/t5-,6-/m0/s1. The second-order valence-electron chi connectivity index (χ2n) is 3.14. The molecule has 0 bridgehead atoms. The highest BCUT2D eigenvalue weighted by Gasteiger charge is 2.36. The average molecular weight is 143 g/mol. The Morgan fingerprint density at radius 2 is 2.20 bits per heavy atom. The summed E-state index contributed by atoms with van der Waals surface area (Å²) in [6.07, 6.45) is 0.881. The van der Waals surface area contributed by atoms with Gasteiger partial charge in [0.2, 0.25) is 0 Å². The second kappa shape index (κ2) is 2.32. The van der Waals surface area contributed by atoms with E-state index in [1.165, 1.54) is 0 Å². The Hall–Kier alpha value is -0.410. The summed E-state index contributed by atoms with van der Waals surface area (Å²) < 4.78 is 5.41. The molecule has 0 aromatic carbocycles. The van der Waals surface area contributed by atoms with E-state index in [0.717, 1.165) is 6.29 Å². The molecule has 0 aromatic heterocycles. The maximum atomic E-state index is 10.4. The molecule has 0 radical (unpaired) electrons. The summed E-state index contributed by atoms with van der Waals surface area (Å²) in [5, 5.41) is 3.04. The normalized spacial score (nSPS) is 37.9. The topological polar surface area (TPSA) is 38.3 Å². The van der Waals surface area contributed by atoms with Gasteiger partial charge in [0.15, 0.2) is 0 Å². The van der Waals surface area contributed by atoms with Crippen molar-refractivity contribution in [2.24, 2.45) is 0 Å². The van der Waals surface area contributed by atoms with E-state index in [1.54, 1.807) is 0 Å². The Morgan fingerprint density at radius 1 is 1.60 bits per heavy atom. The molecule has 58 valence electrons. The lowest BCUT2D eigenvalue weighted by Gasteiger charge is -2.16. The maximum absolute atomic E-state index is 10.4. The van der Waals surface area contributed by atoms with Crippen molar-refractivity contribution in [2.75, 3.05) is 0 Å². The molecule has 10 heavy (non-hydrogen) atoms. The molecule has 1 rings (SSSR count). The predicted octanol–water partition coefficient (Wildman–Crippen LogP) is 0.298. The fraction of sp³-hybridized carbons (Fsp3) is 0.857. The molecule has 1 fully saturated rings. The van der Waals surface area contributed by atoms with Gasteiger partial charge < -0.3 is 9.53 Å². The van der Waals surface area contributed by atoms with Crippen LogP contribution >= 0.6 is 0 Å². The van der Waals surface area contributed by atoms with Crippen molar-refractivity contribution in [2.45, 2.75) is 38.6 Å². The zero-order valence-corrected chi connectivity index (χ0v) is 6.55. The highest BCUT2D eigenvalue weighted by molar-refractivity contribution is 5.59. The minimum Gasteiger partial charge on any atom is -0.356 e. The molecular weight excluding hydrogens is 130 g/mol. The van der Waals surface area contributed by atoms with Crippen LogP contribution in [0.3, 0.4) is 0 Å². The summed E-state index contributed by atoms with van der Waals surface area (Å²) in [5.74, 6) is 0. The van der Waals surface area contributed by atoms with Gasteiger partial charge in [-0.3, -0.25) is 5.32 Å². The molecule has 0 aromatic rings. The number of carbonyl (C=O) groups is 1. The van der Waals surface area contributed by atoms with Crippen LogP contribution in [0.5, 0.6) is 0 Å². The first kappa shape index (κ1) is 7.69. The van der Waals surface area contributed by atoms with Crippen molar-refractivity contribution in [3.8, 4) is 0 Å². The number of carbonyl (C=O) groups excluding carboxylic acids is 1. The molecule has 1 heterocycles. The van der Waals surface area contributed by atoms with Crippen molar-refractivity contribution >= 4 is 6.29 Å². The predicted molar refractivity (Wildman–Crippen MR) is 37.6 cm³/mol. The Kier molecular flexibility index (Phi) is 1.79. The van der Waals surface area contributed by atoms with Crippen LogP contribution in [-0.4, -0.2) is 24.2 Å². The van der Waals surface area contributed by atoms with Gasteiger partial charge in [-0.25, -0.2) is 0 Å². The summed E-state index contributed by atoms with van der Waals surface area (Å²) >= 11 is 0. The van der Waals surface area contributed by atoms with E-state index in [1.807, 2.05) is 20.8 Å². The average Bonchev–Trinajstić information content (AvgIpc) is 2.05. The van der Waals surface area contributed by atoms with Crippen LogP contribution in [0.1, 0.15) is 20.8 Å². The number of rotatable bonds is 1. The first-order valence-corrected chi connectivity index (χ1v) is 3.46. The van der Waals surface area contributed by atoms with Crippen LogP contribution in [-0.2, 0) is 9.53 Å². The molecule has 1 aliphatic rings. The van der Waals surface area contributed by atoms with Gasteiger partial charge in [0.05, 0.1) is 12.1 Å². The second-order valence-corrected chi connectivity index (χ2v) is 3.14. The molecule has 1 aliphatic heterocycles. The summed E-state index contributed by atoms with van der Waals surface area (Å²) in [6.45, 7) is 5.71. The van der Waals surface area contributed by atoms with Gasteiger partial charge in [0, 0.05) is 0 Å². The molecule has 0 saturated carbocycles. The van der Waals surface area contributed by atoms with Gasteiger partial charge in [-0.05, 0) is 20.8 Å². The first-order chi connectivity index (χ1) is 4.55. The largest absolute Gasteiger partial charge is 0.356 e. The SMILES string of the molecule is C[C@@H]1OC(C)(C)N[C@H]1C=O. The Labute approximate surface area is 60.7 Å². The highest BCUT2D eigenvalue weighted by Crippen LogP contribution is 2.18. The van der Waals surface area contributed by atoms with Gasteiger partial charge in [-0.15, -0.1) is 0 Å². The number of hydrogen-bond acceptors (Lipinski definition) is 3. The molecule has 3 nitrogen and oxygen atoms in total. The Balaban J connectivity index is 2.60. The highest BCUT2D eigenvalue weighted by atomic mass is 16.5. The summed E-state index contributed by atoms with van der Waals surface area (Å²) in [5.41, 5.74) is -0.342. The van der Waals surface area contributed by atoms with Crippen molar-refractivity contribution in [1.82, 2.24) is 5.32 Å². The quantitative estimate of drug-likeness (QED) is 0.536. The molecule has 2 atom stereocenters. The van der Waals surface area contributed by atoms with Crippen molar-refractivity contribution in [1.29, 1.82) is 0 Å². The molecule has 0 amide bonds. The molecular formula is C7H13NO2. The van der Waals surface area contributed by atoms with Crippen LogP contribution in [0.15, 0.2) is 0 Å². The molecule has 0 unspecified atom stereocenters. The zero-order chi connectivity index (χ0) is 7.78. The van der Waals surface area contributed by atoms with E-state index in [2.05, 4.69) is 5.32 Å². The third kappa shape index (κ3) is 1.36. The Bertz CT molecular complexity index is 145. The molecule has 0 spiro atoms. The van der Waals surface area contributed by atoms with Crippen molar-refractivity contribution in [3.63, 3.8) is 0 Å². The summed E-state index contributed by atoms with van der Waals surface area (Å²) in [4.78, 5) is 10.4. The maximum Gasteiger partial charge on any atom is 0.139 e. The lowest BCUT2D eigenvalue weighted by atomic mass is 10.2. The molecule has 1 saturated heterocycles. The third-order valence-electron chi connectivity index (χ3n) is 1.65.